The van der Waals surface area contributed by atoms with Crippen LogP contribution in [-0.2, 0) is 19.6 Å². The fourth-order valence-corrected chi connectivity index (χ4v) is 3.41. The Morgan fingerprint density at radius 2 is 1.57 bits per heavy atom. The van der Waals surface area contributed by atoms with Crippen molar-refractivity contribution in [2.24, 2.45) is 0 Å². The molecule has 0 radical (unpaired) electrons. The highest BCUT2D eigenvalue weighted by Crippen LogP contribution is 2.33. The molecule has 1 N–H and O–H groups in total. The topological polar surface area (TPSA) is 39.7 Å². The van der Waals surface area contributed by atoms with Gasteiger partial charge in [0.1, 0.15) is 18.2 Å². The van der Waals surface area contributed by atoms with Gasteiger partial charge in [0.05, 0.1) is 19.2 Å². The van der Waals surface area contributed by atoms with Crippen LogP contribution in [0.25, 0.3) is 0 Å². The van der Waals surface area contributed by atoms with Crippen LogP contribution in [0.1, 0.15) is 16.7 Å². The minimum atomic E-state index is -0.395. The van der Waals surface area contributed by atoms with Gasteiger partial charge < -0.3 is 19.5 Å². The van der Waals surface area contributed by atoms with Crippen molar-refractivity contribution in [3.63, 3.8) is 0 Å². The molecular formula is C24H25ClFNO3. The van der Waals surface area contributed by atoms with E-state index in [9.17, 15) is 4.39 Å². The maximum atomic E-state index is 14.1. The van der Waals surface area contributed by atoms with Crippen LogP contribution in [0.5, 0.6) is 17.2 Å². The SMILES string of the molecule is COc1ccccc1CCNCc1cccc(OC)c1OCc1c(F)cccc1Cl. The van der Waals surface area contributed by atoms with Crippen molar-refractivity contribution in [3.05, 3.63) is 88.2 Å². The summed E-state index contributed by atoms with van der Waals surface area (Å²) in [5.41, 5.74) is 2.38. The second kappa shape index (κ2) is 10.9. The zero-order chi connectivity index (χ0) is 21.3. The van der Waals surface area contributed by atoms with Crippen LogP contribution in [0.4, 0.5) is 4.39 Å². The summed E-state index contributed by atoms with van der Waals surface area (Å²) in [6.45, 7) is 1.35. The monoisotopic (exact) mass is 429 g/mol. The molecule has 4 nitrogen and oxygen atoms in total. The quantitative estimate of drug-likeness (QED) is 0.437. The first-order valence-electron chi connectivity index (χ1n) is 9.68. The van der Waals surface area contributed by atoms with E-state index in [1.165, 1.54) is 6.07 Å². The Labute approximate surface area is 181 Å². The third-order valence-electron chi connectivity index (χ3n) is 4.78. The maximum Gasteiger partial charge on any atom is 0.166 e. The lowest BCUT2D eigenvalue weighted by Gasteiger charge is -2.16. The highest BCUT2D eigenvalue weighted by molar-refractivity contribution is 6.31. The van der Waals surface area contributed by atoms with Gasteiger partial charge in [-0.05, 0) is 42.8 Å². The van der Waals surface area contributed by atoms with Gasteiger partial charge in [-0.3, -0.25) is 0 Å². The van der Waals surface area contributed by atoms with Crippen molar-refractivity contribution < 1.29 is 18.6 Å². The lowest BCUT2D eigenvalue weighted by molar-refractivity contribution is 0.276. The molecule has 0 atom stereocenters. The van der Waals surface area contributed by atoms with E-state index in [1.807, 2.05) is 36.4 Å². The Kier molecular flexibility index (Phi) is 7.94. The van der Waals surface area contributed by atoms with Crippen molar-refractivity contribution in [3.8, 4) is 17.2 Å². The molecule has 0 aliphatic heterocycles. The van der Waals surface area contributed by atoms with E-state index in [0.717, 1.165) is 29.8 Å². The fraction of sp³-hybridized carbons (Fsp3) is 0.250. The van der Waals surface area contributed by atoms with Crippen molar-refractivity contribution in [1.29, 1.82) is 0 Å². The summed E-state index contributed by atoms with van der Waals surface area (Å²) in [7, 11) is 3.26. The summed E-state index contributed by atoms with van der Waals surface area (Å²) in [6.07, 6.45) is 0.828. The van der Waals surface area contributed by atoms with Gasteiger partial charge in [0, 0.05) is 17.7 Å². The third kappa shape index (κ3) is 5.43. The first-order valence-corrected chi connectivity index (χ1v) is 10.1. The summed E-state index contributed by atoms with van der Waals surface area (Å²) in [6, 6.07) is 18.2. The number of para-hydroxylation sites is 2. The van der Waals surface area contributed by atoms with Gasteiger partial charge in [0.25, 0.3) is 0 Å². The molecule has 0 fully saturated rings. The fourth-order valence-electron chi connectivity index (χ4n) is 3.20. The van der Waals surface area contributed by atoms with Crippen LogP contribution in [-0.4, -0.2) is 20.8 Å². The van der Waals surface area contributed by atoms with E-state index in [2.05, 4.69) is 11.4 Å². The number of benzene rings is 3. The first kappa shape index (κ1) is 21.9. The van der Waals surface area contributed by atoms with Crippen LogP contribution < -0.4 is 19.5 Å². The van der Waals surface area contributed by atoms with Gasteiger partial charge in [-0.25, -0.2) is 4.39 Å². The molecular weight excluding hydrogens is 405 g/mol. The molecule has 0 unspecified atom stereocenters. The van der Waals surface area contributed by atoms with Crippen molar-refractivity contribution >= 4 is 11.6 Å². The molecule has 0 aromatic heterocycles. The van der Waals surface area contributed by atoms with Gasteiger partial charge in [0.2, 0.25) is 0 Å². The highest BCUT2D eigenvalue weighted by atomic mass is 35.5. The minimum Gasteiger partial charge on any atom is -0.496 e. The van der Waals surface area contributed by atoms with Crippen LogP contribution in [0, 0.1) is 5.82 Å². The van der Waals surface area contributed by atoms with E-state index < -0.39 is 5.82 Å². The Balaban J connectivity index is 1.66. The molecule has 0 amide bonds. The van der Waals surface area contributed by atoms with E-state index in [4.69, 9.17) is 25.8 Å². The molecule has 0 saturated heterocycles. The van der Waals surface area contributed by atoms with Gasteiger partial charge in [-0.15, -0.1) is 0 Å². The number of halogens is 2. The summed E-state index contributed by atoms with van der Waals surface area (Å²) >= 11 is 6.12. The average Bonchev–Trinajstić information content (AvgIpc) is 2.77. The number of methoxy groups -OCH3 is 2. The summed E-state index contributed by atoms with van der Waals surface area (Å²) < 4.78 is 30.9. The van der Waals surface area contributed by atoms with E-state index in [0.29, 0.717) is 28.6 Å². The Hall–Kier alpha value is -2.76. The zero-order valence-electron chi connectivity index (χ0n) is 17.1. The third-order valence-corrected chi connectivity index (χ3v) is 5.14. The second-order valence-corrected chi connectivity index (χ2v) is 7.08. The molecule has 30 heavy (non-hydrogen) atoms. The van der Waals surface area contributed by atoms with E-state index in [-0.39, 0.29) is 6.61 Å². The molecule has 0 saturated carbocycles. The summed E-state index contributed by atoms with van der Waals surface area (Å²) in [4.78, 5) is 0. The number of hydrogen-bond acceptors (Lipinski definition) is 4. The molecule has 3 aromatic rings. The normalized spacial score (nSPS) is 10.7. The second-order valence-electron chi connectivity index (χ2n) is 6.68. The predicted octanol–water partition coefficient (Wildman–Crippen LogP) is 5.41. The molecule has 0 heterocycles. The standard InChI is InChI=1S/C24H25ClFNO3/c1-28-22-11-4-3-7-17(22)13-14-27-15-18-8-5-12-23(29-2)24(18)30-16-19-20(25)9-6-10-21(19)26/h3-12,27H,13-16H2,1-2H3. The lowest BCUT2D eigenvalue weighted by atomic mass is 10.1. The van der Waals surface area contributed by atoms with Crippen molar-refractivity contribution in [2.75, 3.05) is 20.8 Å². The lowest BCUT2D eigenvalue weighted by Crippen LogP contribution is -2.18. The molecule has 3 aromatic carbocycles. The zero-order valence-corrected chi connectivity index (χ0v) is 17.8. The van der Waals surface area contributed by atoms with Gasteiger partial charge in [0.15, 0.2) is 11.5 Å². The van der Waals surface area contributed by atoms with Gasteiger partial charge in [-0.1, -0.05) is 48.0 Å². The van der Waals surface area contributed by atoms with Crippen LogP contribution in [0.3, 0.4) is 0 Å². The highest BCUT2D eigenvalue weighted by Gasteiger charge is 2.14. The average molecular weight is 430 g/mol. The number of hydrogen-bond donors (Lipinski definition) is 1. The molecule has 158 valence electrons. The number of rotatable bonds is 10. The van der Waals surface area contributed by atoms with Gasteiger partial charge >= 0.3 is 0 Å². The molecule has 0 aliphatic carbocycles. The molecule has 3 rings (SSSR count). The number of ether oxygens (including phenoxy) is 3. The summed E-state index contributed by atoms with van der Waals surface area (Å²) in [5.74, 6) is 1.65. The van der Waals surface area contributed by atoms with Gasteiger partial charge in [-0.2, -0.15) is 0 Å². The van der Waals surface area contributed by atoms with Crippen LogP contribution in [0.2, 0.25) is 5.02 Å². The molecule has 6 heteroatoms. The molecule has 0 spiro atoms. The Morgan fingerprint density at radius 3 is 2.33 bits per heavy atom. The smallest absolute Gasteiger partial charge is 0.166 e. The molecule has 0 bridgehead atoms. The largest absolute Gasteiger partial charge is 0.496 e. The van der Waals surface area contributed by atoms with Crippen molar-refractivity contribution in [1.82, 2.24) is 5.32 Å². The number of nitrogens with one attached hydrogen (secondary N) is 1. The predicted molar refractivity (Wildman–Crippen MR) is 117 cm³/mol. The van der Waals surface area contributed by atoms with E-state index >= 15 is 0 Å². The Morgan fingerprint density at radius 1 is 0.867 bits per heavy atom. The first-order chi connectivity index (χ1) is 14.6. The minimum absolute atomic E-state index is 0.0140. The summed E-state index contributed by atoms with van der Waals surface area (Å²) in [5, 5.41) is 3.76. The van der Waals surface area contributed by atoms with Crippen LogP contribution in [0.15, 0.2) is 60.7 Å². The Bertz CT molecular complexity index is 960. The maximum absolute atomic E-state index is 14.1. The van der Waals surface area contributed by atoms with Crippen molar-refractivity contribution in [2.45, 2.75) is 19.6 Å². The van der Waals surface area contributed by atoms with E-state index in [1.54, 1.807) is 26.4 Å². The van der Waals surface area contributed by atoms with Crippen LogP contribution >= 0.6 is 11.6 Å². The molecule has 0 aliphatic rings.